The number of hydrogen-bond acceptors (Lipinski definition) is 5. The SMILES string of the molecule is CCNC(=O)[C@@H](C)N(CCc1ccccc1)C(=O)CN(c1ccccc1)S(=O)(=O)c1ccc(OC)cc1. The van der Waals surface area contributed by atoms with Gasteiger partial charge < -0.3 is 15.0 Å². The molecule has 0 heterocycles. The van der Waals surface area contributed by atoms with Crippen LogP contribution in [0.1, 0.15) is 19.4 Å². The minimum absolute atomic E-state index is 0.0255. The minimum atomic E-state index is -4.10. The van der Waals surface area contributed by atoms with Crippen LogP contribution in [0.5, 0.6) is 5.75 Å². The van der Waals surface area contributed by atoms with Gasteiger partial charge in [-0.3, -0.25) is 13.9 Å². The first-order valence-corrected chi connectivity index (χ1v) is 13.5. The highest BCUT2D eigenvalue weighted by atomic mass is 32.2. The molecule has 0 saturated carbocycles. The highest BCUT2D eigenvalue weighted by Crippen LogP contribution is 2.25. The van der Waals surface area contributed by atoms with Crippen molar-refractivity contribution in [1.29, 1.82) is 0 Å². The zero-order valence-corrected chi connectivity index (χ0v) is 22.1. The molecule has 0 aliphatic heterocycles. The molecule has 3 rings (SSSR count). The number of amides is 2. The summed E-state index contributed by atoms with van der Waals surface area (Å²) in [6.07, 6.45) is 0.521. The number of methoxy groups -OCH3 is 1. The molecule has 8 nitrogen and oxygen atoms in total. The monoisotopic (exact) mass is 523 g/mol. The van der Waals surface area contributed by atoms with Crippen LogP contribution in [-0.4, -0.2) is 57.9 Å². The predicted molar refractivity (Wildman–Crippen MR) is 144 cm³/mol. The first-order chi connectivity index (χ1) is 17.8. The third-order valence-corrected chi connectivity index (χ3v) is 7.76. The summed E-state index contributed by atoms with van der Waals surface area (Å²) in [7, 11) is -2.60. The standard InChI is InChI=1S/C28H33N3O5S/c1-4-29-28(33)22(2)30(20-19-23-11-7-5-8-12-23)27(32)21-31(24-13-9-6-10-14-24)37(34,35)26-17-15-25(36-3)16-18-26/h5-18,22H,4,19-21H2,1-3H3,(H,29,33)/t22-/m1/s1. The van der Waals surface area contributed by atoms with Gasteiger partial charge in [0, 0.05) is 13.1 Å². The number of hydrogen-bond donors (Lipinski definition) is 1. The van der Waals surface area contributed by atoms with Crippen molar-refractivity contribution in [2.45, 2.75) is 31.2 Å². The second-order valence-corrected chi connectivity index (χ2v) is 10.3. The van der Waals surface area contributed by atoms with Gasteiger partial charge in [-0.25, -0.2) is 8.42 Å². The average molecular weight is 524 g/mol. The van der Waals surface area contributed by atoms with Crippen LogP contribution in [0.2, 0.25) is 0 Å². The molecule has 0 bridgehead atoms. The van der Waals surface area contributed by atoms with Gasteiger partial charge in [0.15, 0.2) is 0 Å². The Balaban J connectivity index is 1.94. The fourth-order valence-electron chi connectivity index (χ4n) is 3.89. The molecule has 0 aliphatic carbocycles. The summed E-state index contributed by atoms with van der Waals surface area (Å²) in [6.45, 7) is 3.67. The van der Waals surface area contributed by atoms with E-state index in [9.17, 15) is 18.0 Å². The van der Waals surface area contributed by atoms with Crippen LogP contribution >= 0.6 is 0 Å². The maximum absolute atomic E-state index is 13.7. The van der Waals surface area contributed by atoms with E-state index in [0.717, 1.165) is 9.87 Å². The Hall–Kier alpha value is -3.85. The maximum Gasteiger partial charge on any atom is 0.264 e. The molecule has 0 fully saturated rings. The molecule has 3 aromatic rings. The van der Waals surface area contributed by atoms with Gasteiger partial charge >= 0.3 is 0 Å². The van der Waals surface area contributed by atoms with E-state index in [4.69, 9.17) is 4.74 Å². The molecule has 0 spiro atoms. The molecule has 0 unspecified atom stereocenters. The van der Waals surface area contributed by atoms with E-state index >= 15 is 0 Å². The van der Waals surface area contributed by atoms with Crippen LogP contribution in [0.4, 0.5) is 5.69 Å². The van der Waals surface area contributed by atoms with Crippen molar-refractivity contribution >= 4 is 27.5 Å². The van der Waals surface area contributed by atoms with Gasteiger partial charge in [0.1, 0.15) is 18.3 Å². The van der Waals surface area contributed by atoms with Gasteiger partial charge in [-0.1, -0.05) is 48.5 Å². The van der Waals surface area contributed by atoms with Crippen molar-refractivity contribution in [3.05, 3.63) is 90.5 Å². The van der Waals surface area contributed by atoms with Crippen LogP contribution in [0.25, 0.3) is 0 Å². The Morgan fingerprint density at radius 2 is 1.51 bits per heavy atom. The molecule has 0 saturated heterocycles. The average Bonchev–Trinajstić information content (AvgIpc) is 2.92. The molecule has 2 amide bonds. The number of ether oxygens (including phenoxy) is 1. The zero-order chi connectivity index (χ0) is 26.8. The largest absolute Gasteiger partial charge is 0.497 e. The van der Waals surface area contributed by atoms with Gasteiger partial charge in [-0.15, -0.1) is 0 Å². The van der Waals surface area contributed by atoms with E-state index in [1.807, 2.05) is 30.3 Å². The molecule has 0 radical (unpaired) electrons. The number of carbonyl (C=O) groups excluding carboxylic acids is 2. The van der Waals surface area contributed by atoms with E-state index < -0.39 is 28.5 Å². The number of rotatable bonds is 12. The summed E-state index contributed by atoms with van der Waals surface area (Å²) >= 11 is 0. The van der Waals surface area contributed by atoms with Crippen LogP contribution in [0.3, 0.4) is 0 Å². The van der Waals surface area contributed by atoms with Crippen LogP contribution in [0.15, 0.2) is 89.8 Å². The molecule has 1 atom stereocenters. The first-order valence-electron chi connectivity index (χ1n) is 12.1. The second kappa shape index (κ2) is 12.9. The summed E-state index contributed by atoms with van der Waals surface area (Å²) in [5, 5.41) is 2.75. The molecular weight excluding hydrogens is 490 g/mol. The Kier molecular flexibility index (Phi) is 9.68. The predicted octanol–water partition coefficient (Wildman–Crippen LogP) is 3.49. The van der Waals surface area contributed by atoms with E-state index in [2.05, 4.69) is 5.32 Å². The number of benzene rings is 3. The third kappa shape index (κ3) is 7.10. The summed E-state index contributed by atoms with van der Waals surface area (Å²) in [5.74, 6) is -0.257. The van der Waals surface area contributed by atoms with E-state index in [1.165, 1.54) is 24.1 Å². The topological polar surface area (TPSA) is 96.0 Å². The Morgan fingerprint density at radius 1 is 0.919 bits per heavy atom. The van der Waals surface area contributed by atoms with Gasteiger partial charge in [-0.2, -0.15) is 0 Å². The van der Waals surface area contributed by atoms with Crippen LogP contribution in [-0.2, 0) is 26.0 Å². The lowest BCUT2D eigenvalue weighted by atomic mass is 10.1. The third-order valence-electron chi connectivity index (χ3n) is 5.97. The fraction of sp³-hybridized carbons (Fsp3) is 0.286. The molecule has 37 heavy (non-hydrogen) atoms. The van der Waals surface area contributed by atoms with Crippen LogP contribution < -0.4 is 14.4 Å². The van der Waals surface area contributed by atoms with Crippen molar-refractivity contribution in [3.8, 4) is 5.75 Å². The molecule has 9 heteroatoms. The molecule has 1 N–H and O–H groups in total. The maximum atomic E-state index is 13.7. The highest BCUT2D eigenvalue weighted by Gasteiger charge is 2.32. The molecular formula is C28H33N3O5S. The summed E-state index contributed by atoms with van der Waals surface area (Å²) < 4.78 is 33.7. The number of likely N-dealkylation sites (N-methyl/N-ethyl adjacent to an activating group) is 1. The Labute approximate surface area is 218 Å². The minimum Gasteiger partial charge on any atom is -0.497 e. The van der Waals surface area contributed by atoms with Gasteiger partial charge in [0.25, 0.3) is 10.0 Å². The Morgan fingerprint density at radius 3 is 2.08 bits per heavy atom. The second-order valence-electron chi connectivity index (χ2n) is 8.42. The van der Waals surface area contributed by atoms with Gasteiger partial charge in [0.05, 0.1) is 17.7 Å². The molecule has 3 aromatic carbocycles. The van der Waals surface area contributed by atoms with Gasteiger partial charge in [0.2, 0.25) is 11.8 Å². The van der Waals surface area contributed by atoms with E-state index in [1.54, 1.807) is 56.3 Å². The smallest absolute Gasteiger partial charge is 0.264 e. The molecule has 0 aliphatic rings. The number of sulfonamides is 1. The summed E-state index contributed by atoms with van der Waals surface area (Å²) in [6, 6.07) is 23.3. The van der Waals surface area contributed by atoms with Crippen molar-refractivity contribution in [3.63, 3.8) is 0 Å². The number of para-hydroxylation sites is 1. The lowest BCUT2D eigenvalue weighted by Crippen LogP contribution is -2.52. The highest BCUT2D eigenvalue weighted by molar-refractivity contribution is 7.92. The van der Waals surface area contributed by atoms with E-state index in [-0.39, 0.29) is 17.3 Å². The van der Waals surface area contributed by atoms with E-state index in [0.29, 0.717) is 24.4 Å². The summed E-state index contributed by atoms with van der Waals surface area (Å²) in [5.41, 5.74) is 1.36. The fourth-order valence-corrected chi connectivity index (χ4v) is 5.30. The van der Waals surface area contributed by atoms with Gasteiger partial charge in [-0.05, 0) is 62.2 Å². The van der Waals surface area contributed by atoms with Crippen molar-refractivity contribution < 1.29 is 22.7 Å². The first kappa shape index (κ1) is 27.7. The normalized spacial score (nSPS) is 11.9. The lowest BCUT2D eigenvalue weighted by molar-refractivity contribution is -0.138. The number of anilines is 1. The number of nitrogens with one attached hydrogen (secondary N) is 1. The lowest BCUT2D eigenvalue weighted by Gasteiger charge is -2.32. The zero-order valence-electron chi connectivity index (χ0n) is 21.3. The molecule has 196 valence electrons. The summed E-state index contributed by atoms with van der Waals surface area (Å²) in [4.78, 5) is 27.9. The number of carbonyl (C=O) groups is 2. The number of nitrogens with zero attached hydrogens (tertiary/aromatic N) is 2. The van der Waals surface area contributed by atoms with Crippen molar-refractivity contribution in [2.75, 3.05) is 31.0 Å². The van der Waals surface area contributed by atoms with Crippen LogP contribution in [0, 0.1) is 0 Å². The van der Waals surface area contributed by atoms with Crippen molar-refractivity contribution in [1.82, 2.24) is 10.2 Å². The quantitative estimate of drug-likeness (QED) is 0.392. The Bertz CT molecular complexity index is 1270. The molecule has 0 aromatic heterocycles. The van der Waals surface area contributed by atoms with Crippen molar-refractivity contribution in [2.24, 2.45) is 0 Å².